The molecular weight excluding hydrogens is 373 g/mol. The van der Waals surface area contributed by atoms with Crippen LogP contribution in [0, 0.1) is 18.8 Å². The Bertz CT molecular complexity index is 816. The number of amides is 1. The number of nitrogens with zero attached hydrogens (tertiary/aromatic N) is 2. The minimum absolute atomic E-state index is 0.238. The fraction of sp³-hybridized carbons (Fsp3) is 0.438. The summed E-state index contributed by atoms with van der Waals surface area (Å²) in [6.07, 6.45) is -4.91. The molecule has 1 amide bonds. The van der Waals surface area contributed by atoms with Gasteiger partial charge in [0.1, 0.15) is 5.76 Å². The maximum atomic E-state index is 13.0. The highest BCUT2D eigenvalue weighted by Crippen LogP contribution is 2.38. The van der Waals surface area contributed by atoms with Crippen molar-refractivity contribution in [3.8, 4) is 10.8 Å². The molecule has 2 atom stereocenters. The molecular formula is C16H15F3N2O4S. The summed E-state index contributed by atoms with van der Waals surface area (Å²) in [6, 6.07) is 3.62. The fourth-order valence-corrected chi connectivity index (χ4v) is 3.59. The maximum absolute atomic E-state index is 13.0. The fourth-order valence-electron chi connectivity index (χ4n) is 2.94. The number of hydrogen-bond donors (Lipinski definition) is 1. The number of alkyl halides is 3. The van der Waals surface area contributed by atoms with E-state index < -0.39 is 43.0 Å². The molecule has 2 aromatic heterocycles. The Morgan fingerprint density at radius 3 is 2.69 bits per heavy atom. The molecule has 1 aliphatic rings. The second-order valence-electron chi connectivity index (χ2n) is 6.07. The number of aliphatic carboxylic acids is 1. The third kappa shape index (κ3) is 3.59. The van der Waals surface area contributed by atoms with Gasteiger partial charge in [0.15, 0.2) is 0 Å². The van der Waals surface area contributed by atoms with Crippen LogP contribution in [0.15, 0.2) is 21.9 Å². The first kappa shape index (κ1) is 18.4. The molecule has 6 nitrogen and oxygen atoms in total. The van der Waals surface area contributed by atoms with Crippen molar-refractivity contribution >= 4 is 23.2 Å². The average molecular weight is 388 g/mol. The van der Waals surface area contributed by atoms with Gasteiger partial charge in [-0.2, -0.15) is 13.2 Å². The highest BCUT2D eigenvalue weighted by atomic mass is 32.1. The van der Waals surface area contributed by atoms with Crippen molar-refractivity contribution in [3.05, 3.63) is 29.0 Å². The minimum atomic E-state index is -4.67. The van der Waals surface area contributed by atoms with Gasteiger partial charge < -0.3 is 14.4 Å². The number of hydrogen-bond acceptors (Lipinski definition) is 5. The number of carbonyl (C=O) groups excluding carboxylic acids is 1. The molecule has 1 saturated heterocycles. The van der Waals surface area contributed by atoms with E-state index in [1.165, 1.54) is 11.3 Å². The van der Waals surface area contributed by atoms with E-state index in [0.717, 1.165) is 9.78 Å². The zero-order valence-corrected chi connectivity index (χ0v) is 14.4. The van der Waals surface area contributed by atoms with E-state index in [9.17, 15) is 22.8 Å². The van der Waals surface area contributed by atoms with Gasteiger partial charge in [0.25, 0.3) is 0 Å². The molecule has 140 valence electrons. The average Bonchev–Trinajstić information content (AvgIpc) is 3.25. The Kier molecular flexibility index (Phi) is 4.78. The van der Waals surface area contributed by atoms with Crippen LogP contribution in [0.4, 0.5) is 13.2 Å². The lowest BCUT2D eigenvalue weighted by Gasteiger charge is -2.18. The molecule has 3 rings (SSSR count). The third-order valence-corrected chi connectivity index (χ3v) is 5.21. The van der Waals surface area contributed by atoms with Crippen molar-refractivity contribution < 1.29 is 32.3 Å². The van der Waals surface area contributed by atoms with Crippen LogP contribution >= 0.6 is 11.3 Å². The zero-order chi connectivity index (χ0) is 19.1. The number of aromatic nitrogens is 1. The van der Waals surface area contributed by atoms with E-state index in [0.29, 0.717) is 17.3 Å². The minimum Gasteiger partial charge on any atom is -0.481 e. The quantitative estimate of drug-likeness (QED) is 0.871. The number of oxazole rings is 1. The van der Waals surface area contributed by atoms with Crippen LogP contribution in [0.5, 0.6) is 0 Å². The van der Waals surface area contributed by atoms with Gasteiger partial charge in [-0.05, 0) is 18.4 Å². The summed E-state index contributed by atoms with van der Waals surface area (Å²) >= 11 is 1.41. The van der Waals surface area contributed by atoms with Gasteiger partial charge in [0, 0.05) is 13.1 Å². The molecule has 0 radical (unpaired) electrons. The van der Waals surface area contributed by atoms with Crippen molar-refractivity contribution in [1.29, 1.82) is 0 Å². The van der Waals surface area contributed by atoms with Gasteiger partial charge in [-0.1, -0.05) is 6.07 Å². The molecule has 1 N–H and O–H groups in total. The van der Waals surface area contributed by atoms with Crippen LogP contribution in [-0.2, 0) is 16.0 Å². The largest absolute Gasteiger partial charge is 0.481 e. The number of halogens is 3. The molecule has 0 spiro atoms. The normalized spacial score (nSPS) is 20.5. The first-order valence-electron chi connectivity index (χ1n) is 7.74. The highest BCUT2D eigenvalue weighted by Gasteiger charge is 2.53. The predicted molar refractivity (Wildman–Crippen MR) is 85.5 cm³/mol. The summed E-state index contributed by atoms with van der Waals surface area (Å²) in [5.74, 6) is -5.12. The first-order chi connectivity index (χ1) is 12.2. The van der Waals surface area contributed by atoms with Crippen molar-refractivity contribution in [2.45, 2.75) is 19.5 Å². The molecule has 0 bridgehead atoms. The van der Waals surface area contributed by atoms with Crippen LogP contribution < -0.4 is 0 Å². The second kappa shape index (κ2) is 6.75. The predicted octanol–water partition coefficient (Wildman–Crippen LogP) is 2.98. The standard InChI is InChI=1S/C16H15F3N2O4S/c1-8-11(20-14(25-8)12-3-2-4-26-12)5-13(22)21-6-9(15(23)24)10(7-21)16(17,18)19/h2-4,9-10H,5-7H2,1H3,(H,23,24)/t9-,10-/m1/s1. The number of aryl methyl sites for hydroxylation is 1. The van der Waals surface area contributed by atoms with E-state index in [1.54, 1.807) is 13.0 Å². The molecule has 0 aromatic carbocycles. The molecule has 0 unspecified atom stereocenters. The summed E-state index contributed by atoms with van der Waals surface area (Å²) in [4.78, 5) is 29.5. The summed E-state index contributed by atoms with van der Waals surface area (Å²) < 4.78 is 44.6. The van der Waals surface area contributed by atoms with Crippen molar-refractivity contribution in [3.63, 3.8) is 0 Å². The Balaban J connectivity index is 1.74. The SMILES string of the molecule is Cc1oc(-c2cccs2)nc1CC(=O)N1C[C@@H](C(F)(F)F)[C@H](C(=O)O)C1. The lowest BCUT2D eigenvalue weighted by atomic mass is 9.96. The molecule has 0 saturated carbocycles. The lowest BCUT2D eigenvalue weighted by Crippen LogP contribution is -2.34. The van der Waals surface area contributed by atoms with Gasteiger partial charge in [-0.3, -0.25) is 9.59 Å². The lowest BCUT2D eigenvalue weighted by molar-refractivity contribution is -0.188. The van der Waals surface area contributed by atoms with E-state index in [4.69, 9.17) is 9.52 Å². The molecule has 1 aliphatic heterocycles. The van der Waals surface area contributed by atoms with E-state index >= 15 is 0 Å². The number of likely N-dealkylation sites (tertiary alicyclic amines) is 1. The molecule has 3 heterocycles. The van der Waals surface area contributed by atoms with Gasteiger partial charge in [0.2, 0.25) is 11.8 Å². The van der Waals surface area contributed by atoms with E-state index in [1.807, 2.05) is 11.4 Å². The van der Waals surface area contributed by atoms with E-state index in [-0.39, 0.29) is 6.42 Å². The third-order valence-electron chi connectivity index (χ3n) is 4.35. The number of carboxylic acid groups (broad SMARTS) is 1. The molecule has 10 heteroatoms. The van der Waals surface area contributed by atoms with Gasteiger partial charge in [-0.25, -0.2) is 4.98 Å². The van der Waals surface area contributed by atoms with Crippen LogP contribution in [-0.4, -0.2) is 46.1 Å². The molecule has 2 aromatic rings. The molecule has 26 heavy (non-hydrogen) atoms. The van der Waals surface area contributed by atoms with Crippen LogP contribution in [0.1, 0.15) is 11.5 Å². The number of thiophene rings is 1. The van der Waals surface area contributed by atoms with Crippen LogP contribution in [0.3, 0.4) is 0 Å². The smallest absolute Gasteiger partial charge is 0.394 e. The summed E-state index contributed by atoms with van der Waals surface area (Å²) in [5.41, 5.74) is 0.334. The Hall–Kier alpha value is -2.36. The van der Waals surface area contributed by atoms with E-state index in [2.05, 4.69) is 4.98 Å². The monoisotopic (exact) mass is 388 g/mol. The molecule has 0 aliphatic carbocycles. The second-order valence-corrected chi connectivity index (χ2v) is 7.02. The number of carboxylic acids is 1. The number of carbonyl (C=O) groups is 2. The summed E-state index contributed by atoms with van der Waals surface area (Å²) in [7, 11) is 0. The Labute approximate surface area is 150 Å². The summed E-state index contributed by atoms with van der Waals surface area (Å²) in [5, 5.41) is 10.9. The maximum Gasteiger partial charge on any atom is 0.394 e. The Morgan fingerprint density at radius 2 is 2.15 bits per heavy atom. The van der Waals surface area contributed by atoms with Crippen molar-refractivity contribution in [1.82, 2.24) is 9.88 Å². The Morgan fingerprint density at radius 1 is 1.42 bits per heavy atom. The van der Waals surface area contributed by atoms with Gasteiger partial charge in [0.05, 0.1) is 28.8 Å². The zero-order valence-electron chi connectivity index (χ0n) is 13.6. The van der Waals surface area contributed by atoms with Crippen LogP contribution in [0.25, 0.3) is 10.8 Å². The van der Waals surface area contributed by atoms with Crippen molar-refractivity contribution in [2.75, 3.05) is 13.1 Å². The highest BCUT2D eigenvalue weighted by molar-refractivity contribution is 7.13. The first-order valence-corrected chi connectivity index (χ1v) is 8.62. The number of rotatable bonds is 4. The topological polar surface area (TPSA) is 83.6 Å². The van der Waals surface area contributed by atoms with Crippen LogP contribution in [0.2, 0.25) is 0 Å². The van der Waals surface area contributed by atoms with Crippen molar-refractivity contribution in [2.24, 2.45) is 11.8 Å². The molecule has 1 fully saturated rings. The van der Waals surface area contributed by atoms with Gasteiger partial charge in [-0.15, -0.1) is 11.3 Å². The van der Waals surface area contributed by atoms with Gasteiger partial charge >= 0.3 is 12.1 Å². The summed E-state index contributed by atoms with van der Waals surface area (Å²) in [6.45, 7) is 0.496.